The fraction of sp³-hybridized carbons (Fsp3) is 0.696. The molecule has 9 heteroatoms. The first-order valence-corrected chi connectivity index (χ1v) is 13.4. The number of ether oxygens (including phenoxy) is 1. The van der Waals surface area contributed by atoms with Gasteiger partial charge in [-0.25, -0.2) is 9.97 Å². The van der Waals surface area contributed by atoms with Crippen molar-refractivity contribution in [1.82, 2.24) is 15.0 Å². The maximum absolute atomic E-state index is 12.6. The first-order chi connectivity index (χ1) is 15.7. The highest BCUT2D eigenvalue weighted by Gasteiger charge is 2.35. The molecule has 1 unspecified atom stereocenters. The SMILES string of the molecule is [O-][S+]1CCc2nc(N3CCC(c4nc5c(o4)CCCC5)CC3)nc(NC3CCOCC3)c21. The Labute approximate surface area is 191 Å². The zero-order valence-corrected chi connectivity index (χ0v) is 19.3. The lowest BCUT2D eigenvalue weighted by Gasteiger charge is -2.31. The van der Waals surface area contributed by atoms with Crippen molar-refractivity contribution in [1.29, 1.82) is 0 Å². The molecule has 0 aromatic carbocycles. The smallest absolute Gasteiger partial charge is 0.227 e. The van der Waals surface area contributed by atoms with Crippen LogP contribution in [-0.4, -0.2) is 57.6 Å². The van der Waals surface area contributed by atoms with Crippen molar-refractivity contribution in [2.75, 3.05) is 42.3 Å². The molecule has 2 fully saturated rings. The maximum atomic E-state index is 12.6. The van der Waals surface area contributed by atoms with E-state index in [2.05, 4.69) is 10.2 Å². The van der Waals surface area contributed by atoms with Gasteiger partial charge in [0.25, 0.3) is 0 Å². The molecule has 1 N–H and O–H groups in total. The van der Waals surface area contributed by atoms with Gasteiger partial charge in [0.15, 0.2) is 11.7 Å². The summed E-state index contributed by atoms with van der Waals surface area (Å²) in [7, 11) is 0. The van der Waals surface area contributed by atoms with Gasteiger partial charge in [0.2, 0.25) is 10.8 Å². The highest BCUT2D eigenvalue weighted by molar-refractivity contribution is 7.91. The molecule has 6 rings (SSSR count). The number of nitrogens with one attached hydrogen (secondary N) is 1. The predicted molar refractivity (Wildman–Crippen MR) is 122 cm³/mol. The Morgan fingerprint density at radius 1 is 0.938 bits per heavy atom. The van der Waals surface area contributed by atoms with Gasteiger partial charge in [0.1, 0.15) is 17.2 Å². The van der Waals surface area contributed by atoms with Crippen LogP contribution in [0.2, 0.25) is 0 Å². The number of hydrogen-bond donors (Lipinski definition) is 1. The van der Waals surface area contributed by atoms with E-state index >= 15 is 0 Å². The van der Waals surface area contributed by atoms with Crippen LogP contribution in [0.15, 0.2) is 9.31 Å². The molecule has 0 amide bonds. The van der Waals surface area contributed by atoms with Gasteiger partial charge in [-0.1, -0.05) is 0 Å². The lowest BCUT2D eigenvalue weighted by molar-refractivity contribution is 0.0903. The van der Waals surface area contributed by atoms with Crippen molar-refractivity contribution in [3.63, 3.8) is 0 Å². The van der Waals surface area contributed by atoms with Crippen LogP contribution in [0.25, 0.3) is 0 Å². The monoisotopic (exact) mass is 457 g/mol. The summed E-state index contributed by atoms with van der Waals surface area (Å²) in [5.74, 6) is 4.61. The number of fused-ring (bicyclic) bond motifs is 2. The summed E-state index contributed by atoms with van der Waals surface area (Å²) in [5, 5.41) is 3.58. The quantitative estimate of drug-likeness (QED) is 0.700. The second kappa shape index (κ2) is 8.83. The Balaban J connectivity index is 1.18. The fourth-order valence-corrected chi connectivity index (χ4v) is 6.65. The molecule has 0 radical (unpaired) electrons. The summed E-state index contributed by atoms with van der Waals surface area (Å²) >= 11 is -1.01. The third kappa shape index (κ3) is 3.99. The zero-order valence-electron chi connectivity index (χ0n) is 18.5. The molecule has 5 heterocycles. The van der Waals surface area contributed by atoms with E-state index in [0.717, 1.165) is 105 Å². The van der Waals surface area contributed by atoms with E-state index in [1.807, 2.05) is 0 Å². The van der Waals surface area contributed by atoms with Crippen molar-refractivity contribution >= 4 is 22.9 Å². The first kappa shape index (κ1) is 20.7. The van der Waals surface area contributed by atoms with Gasteiger partial charge in [-0.3, -0.25) is 0 Å². The van der Waals surface area contributed by atoms with Crippen molar-refractivity contribution in [3.8, 4) is 0 Å². The van der Waals surface area contributed by atoms with Crippen molar-refractivity contribution in [3.05, 3.63) is 23.0 Å². The highest BCUT2D eigenvalue weighted by Crippen LogP contribution is 2.36. The molecule has 1 aliphatic carbocycles. The third-order valence-electron chi connectivity index (χ3n) is 7.23. The van der Waals surface area contributed by atoms with Crippen molar-refractivity contribution < 1.29 is 13.7 Å². The second-order valence-electron chi connectivity index (χ2n) is 9.37. The summed E-state index contributed by atoms with van der Waals surface area (Å²) < 4.78 is 24.3. The number of aromatic nitrogens is 3. The number of nitrogens with zero attached hydrogens (tertiary/aromatic N) is 4. The lowest BCUT2D eigenvalue weighted by atomic mass is 9.97. The van der Waals surface area contributed by atoms with E-state index in [4.69, 9.17) is 24.1 Å². The summed E-state index contributed by atoms with van der Waals surface area (Å²) in [6, 6.07) is 0.315. The van der Waals surface area contributed by atoms with Crippen LogP contribution >= 0.6 is 0 Å². The summed E-state index contributed by atoms with van der Waals surface area (Å²) in [6.45, 7) is 3.30. The minimum absolute atomic E-state index is 0.315. The van der Waals surface area contributed by atoms with Gasteiger partial charge in [-0.05, 0) is 56.1 Å². The minimum Gasteiger partial charge on any atom is -0.611 e. The third-order valence-corrected chi connectivity index (χ3v) is 8.69. The van der Waals surface area contributed by atoms with E-state index in [1.54, 1.807) is 0 Å². The number of anilines is 2. The first-order valence-electron chi connectivity index (χ1n) is 12.1. The molecule has 0 spiro atoms. The Bertz CT molecular complexity index is 945. The van der Waals surface area contributed by atoms with Crippen LogP contribution in [0.5, 0.6) is 0 Å². The molecule has 172 valence electrons. The molecular formula is C23H31N5O3S. The standard InChI is InChI=1S/C23H31N5O3S/c29-32-14-9-18-20(32)21(24-16-7-12-30-13-8-16)27-23(26-18)28-10-5-15(6-11-28)22-25-17-3-1-2-4-19(17)31-22/h15-16H,1-14H2,(H,24,26,27). The molecule has 2 aromatic rings. The summed E-state index contributed by atoms with van der Waals surface area (Å²) in [5.41, 5.74) is 2.14. The Kier molecular flexibility index (Phi) is 5.73. The molecule has 8 nitrogen and oxygen atoms in total. The van der Waals surface area contributed by atoms with Crippen LogP contribution in [0.3, 0.4) is 0 Å². The van der Waals surface area contributed by atoms with Gasteiger partial charge in [0.05, 0.1) is 5.69 Å². The number of rotatable bonds is 4. The highest BCUT2D eigenvalue weighted by atomic mass is 32.2. The van der Waals surface area contributed by atoms with Crippen LogP contribution in [-0.2, 0) is 35.2 Å². The molecule has 4 aliphatic rings. The second-order valence-corrected chi connectivity index (χ2v) is 10.9. The normalized spacial score (nSPS) is 24.4. The number of piperidine rings is 1. The average Bonchev–Trinajstić information content (AvgIpc) is 3.44. The van der Waals surface area contributed by atoms with E-state index in [1.165, 1.54) is 18.5 Å². The van der Waals surface area contributed by atoms with Crippen LogP contribution in [0, 0.1) is 0 Å². The lowest BCUT2D eigenvalue weighted by Crippen LogP contribution is -2.35. The van der Waals surface area contributed by atoms with E-state index in [-0.39, 0.29) is 0 Å². The fourth-order valence-electron chi connectivity index (χ4n) is 5.33. The summed E-state index contributed by atoms with van der Waals surface area (Å²) in [6.07, 6.45) is 9.19. The molecule has 0 saturated carbocycles. The predicted octanol–water partition coefficient (Wildman–Crippen LogP) is 2.98. The van der Waals surface area contributed by atoms with Gasteiger partial charge < -0.3 is 23.9 Å². The van der Waals surface area contributed by atoms with Crippen molar-refractivity contribution in [2.24, 2.45) is 0 Å². The Hall–Kier alpha value is -1.84. The molecule has 2 saturated heterocycles. The molecule has 3 aliphatic heterocycles. The van der Waals surface area contributed by atoms with Crippen molar-refractivity contribution in [2.45, 2.75) is 74.6 Å². The van der Waals surface area contributed by atoms with E-state index in [0.29, 0.717) is 17.7 Å². The molecule has 1 atom stereocenters. The Morgan fingerprint density at radius 3 is 2.56 bits per heavy atom. The van der Waals surface area contributed by atoms with Gasteiger partial charge in [-0.2, -0.15) is 4.98 Å². The van der Waals surface area contributed by atoms with Crippen LogP contribution in [0.4, 0.5) is 11.8 Å². The molecule has 0 bridgehead atoms. The van der Waals surface area contributed by atoms with E-state index < -0.39 is 11.2 Å². The number of aryl methyl sites for hydroxylation is 3. The van der Waals surface area contributed by atoms with Gasteiger partial charge >= 0.3 is 0 Å². The van der Waals surface area contributed by atoms with Crippen LogP contribution < -0.4 is 10.2 Å². The number of hydrogen-bond acceptors (Lipinski definition) is 8. The van der Waals surface area contributed by atoms with Crippen LogP contribution in [0.1, 0.15) is 67.5 Å². The summed E-state index contributed by atoms with van der Waals surface area (Å²) in [4.78, 5) is 17.7. The zero-order chi connectivity index (χ0) is 21.5. The average molecular weight is 458 g/mol. The topological polar surface area (TPSA) is 99.4 Å². The van der Waals surface area contributed by atoms with Gasteiger partial charge in [-0.15, -0.1) is 0 Å². The molecule has 32 heavy (non-hydrogen) atoms. The molecular weight excluding hydrogens is 426 g/mol. The maximum Gasteiger partial charge on any atom is 0.227 e. The van der Waals surface area contributed by atoms with Gasteiger partial charge in [0, 0.05) is 51.1 Å². The minimum atomic E-state index is -1.01. The largest absolute Gasteiger partial charge is 0.611 e. The van der Waals surface area contributed by atoms with E-state index in [9.17, 15) is 4.55 Å². The number of oxazole rings is 1. The Morgan fingerprint density at radius 2 is 1.75 bits per heavy atom. The molecule has 2 aromatic heterocycles.